The van der Waals surface area contributed by atoms with Crippen LogP contribution < -0.4 is 11.5 Å². The molecule has 0 bridgehead atoms. The molecule has 2 aliphatic heterocycles. The number of carbonyl (C=O) groups is 2. The van der Waals surface area contributed by atoms with E-state index in [-0.39, 0.29) is 18.6 Å². The summed E-state index contributed by atoms with van der Waals surface area (Å²) in [6.07, 6.45) is 0.139. The third-order valence-electron chi connectivity index (χ3n) is 5.58. The number of aliphatic hydroxyl groups is 1. The summed E-state index contributed by atoms with van der Waals surface area (Å²) in [4.78, 5) is 43.0. The van der Waals surface area contributed by atoms with Crippen molar-refractivity contribution in [3.63, 3.8) is 0 Å². The number of para-hydroxylation sites is 1. The molecule has 9 nitrogen and oxygen atoms in total. The molecule has 1 aromatic carbocycles. The van der Waals surface area contributed by atoms with Crippen molar-refractivity contribution in [1.29, 1.82) is 0 Å². The van der Waals surface area contributed by atoms with Gasteiger partial charge in [-0.2, -0.15) is 5.90 Å². The van der Waals surface area contributed by atoms with Crippen LogP contribution in [0.2, 0.25) is 0 Å². The minimum Gasteiger partial charge on any atom is -0.458 e. The Bertz CT molecular complexity index is 1280. The average molecular weight is 423 g/mol. The molecule has 0 saturated heterocycles. The molecule has 1 atom stereocenters. The number of pyridine rings is 2. The van der Waals surface area contributed by atoms with Crippen LogP contribution in [0.4, 0.5) is 0 Å². The summed E-state index contributed by atoms with van der Waals surface area (Å²) in [5.41, 5.74) is 1.81. The van der Waals surface area contributed by atoms with E-state index in [4.69, 9.17) is 9.72 Å². The molecule has 2 aliphatic rings. The predicted molar refractivity (Wildman–Crippen MR) is 110 cm³/mol. The number of hydrogen-bond donors (Lipinski definition) is 2. The molecular formula is C22H21N3O6. The average Bonchev–Trinajstić information content (AvgIpc) is 3.13. The summed E-state index contributed by atoms with van der Waals surface area (Å²) in [6, 6.07) is 11.6. The summed E-state index contributed by atoms with van der Waals surface area (Å²) in [5, 5.41) is 11.8. The fourth-order valence-corrected chi connectivity index (χ4v) is 3.93. The Morgan fingerprint density at radius 2 is 2.03 bits per heavy atom. The van der Waals surface area contributed by atoms with Crippen molar-refractivity contribution >= 4 is 22.8 Å². The molecule has 0 aliphatic carbocycles. The molecular weight excluding hydrogens is 402 g/mol. The number of esters is 1. The fraction of sp³-hybridized carbons (Fsp3) is 0.273. The van der Waals surface area contributed by atoms with Gasteiger partial charge in [0.25, 0.3) is 5.56 Å². The first-order chi connectivity index (χ1) is 14.8. The molecule has 3 N–H and O–H groups in total. The first-order valence-electron chi connectivity index (χ1n) is 9.73. The number of aromatic nitrogens is 2. The largest absolute Gasteiger partial charge is 0.458 e. The van der Waals surface area contributed by atoms with Crippen molar-refractivity contribution in [2.75, 3.05) is 0 Å². The van der Waals surface area contributed by atoms with Crippen LogP contribution in [0.3, 0.4) is 0 Å². The molecule has 160 valence electrons. The maximum absolute atomic E-state index is 13.0. The van der Waals surface area contributed by atoms with Crippen molar-refractivity contribution in [2.24, 2.45) is 5.90 Å². The van der Waals surface area contributed by atoms with Crippen LogP contribution >= 0.6 is 0 Å². The van der Waals surface area contributed by atoms with Gasteiger partial charge in [-0.25, -0.2) is 9.78 Å². The topological polar surface area (TPSA) is 134 Å². The van der Waals surface area contributed by atoms with Crippen LogP contribution in [0.25, 0.3) is 22.3 Å². The Labute approximate surface area is 177 Å². The molecule has 0 amide bonds. The molecule has 1 unspecified atom stereocenters. The molecule has 0 fully saturated rings. The van der Waals surface area contributed by atoms with Crippen LogP contribution in [-0.2, 0) is 37.9 Å². The Kier molecular flexibility index (Phi) is 5.08. The van der Waals surface area contributed by atoms with E-state index in [9.17, 15) is 19.5 Å². The first-order valence-corrected chi connectivity index (χ1v) is 9.73. The first kappa shape index (κ1) is 20.7. The van der Waals surface area contributed by atoms with E-state index in [0.29, 0.717) is 23.4 Å². The van der Waals surface area contributed by atoms with Gasteiger partial charge < -0.3 is 19.2 Å². The van der Waals surface area contributed by atoms with Gasteiger partial charge >= 0.3 is 11.9 Å². The third kappa shape index (κ3) is 3.28. The van der Waals surface area contributed by atoms with Crippen LogP contribution in [0.5, 0.6) is 0 Å². The summed E-state index contributed by atoms with van der Waals surface area (Å²) >= 11 is 0. The number of benzene rings is 1. The number of cyclic esters (lactones) is 1. The molecule has 9 heteroatoms. The Balaban J connectivity index is 0.000000418. The molecule has 3 aromatic rings. The molecule has 31 heavy (non-hydrogen) atoms. The van der Waals surface area contributed by atoms with Gasteiger partial charge in [-0.05, 0) is 24.6 Å². The summed E-state index contributed by atoms with van der Waals surface area (Å²) in [5.74, 6) is 3.15. The lowest BCUT2D eigenvalue weighted by molar-refractivity contribution is -0.172. The maximum Gasteiger partial charge on any atom is 0.343 e. The highest BCUT2D eigenvalue weighted by molar-refractivity contribution is 5.86. The molecule has 5 rings (SSSR count). The Morgan fingerprint density at radius 1 is 1.32 bits per heavy atom. The van der Waals surface area contributed by atoms with E-state index in [1.165, 1.54) is 6.92 Å². The number of rotatable bonds is 1. The summed E-state index contributed by atoms with van der Waals surface area (Å²) < 4.78 is 6.72. The van der Waals surface area contributed by atoms with Gasteiger partial charge in [0.05, 0.1) is 29.0 Å². The second-order valence-corrected chi connectivity index (χ2v) is 7.40. The van der Waals surface area contributed by atoms with Gasteiger partial charge in [0.15, 0.2) is 5.60 Å². The van der Waals surface area contributed by atoms with Crippen LogP contribution in [0.1, 0.15) is 37.0 Å². The molecule has 0 saturated carbocycles. The van der Waals surface area contributed by atoms with Gasteiger partial charge in [0.1, 0.15) is 6.61 Å². The zero-order valence-electron chi connectivity index (χ0n) is 17.0. The molecule has 0 spiro atoms. The molecule has 0 radical (unpaired) electrons. The Morgan fingerprint density at radius 3 is 2.71 bits per heavy atom. The quantitative estimate of drug-likeness (QED) is 0.348. The number of nitrogens with zero attached hydrogens (tertiary/aromatic N) is 2. The normalized spacial score (nSPS) is 18.3. The van der Waals surface area contributed by atoms with Gasteiger partial charge in [0.2, 0.25) is 0 Å². The van der Waals surface area contributed by atoms with E-state index in [1.54, 1.807) is 17.6 Å². The van der Waals surface area contributed by atoms with Crippen molar-refractivity contribution in [3.8, 4) is 11.4 Å². The van der Waals surface area contributed by atoms with E-state index in [2.05, 4.69) is 10.7 Å². The van der Waals surface area contributed by atoms with E-state index in [1.807, 2.05) is 30.3 Å². The van der Waals surface area contributed by atoms with Gasteiger partial charge in [-0.15, -0.1) is 0 Å². The minimum atomic E-state index is -1.79. The Hall–Kier alpha value is -3.56. The standard InChI is InChI=1S/C20H16N2O4.C2H5NO2/c1-2-20(25)14-8-16-17-12(7-11-5-3-4-6-15(11)21-17)9-22(16)18(23)13(14)10-26-19(20)24;1-2(4)5-3/h3-8,25H,2,9-10H2,1H3;3H2,1H3. The smallest absolute Gasteiger partial charge is 0.343 e. The second-order valence-electron chi connectivity index (χ2n) is 7.40. The summed E-state index contributed by atoms with van der Waals surface area (Å²) in [6.45, 7) is 3.25. The monoisotopic (exact) mass is 423 g/mol. The lowest BCUT2D eigenvalue weighted by atomic mass is 9.86. The predicted octanol–water partition coefficient (Wildman–Crippen LogP) is 1.50. The van der Waals surface area contributed by atoms with Crippen molar-refractivity contribution in [3.05, 3.63) is 63.4 Å². The van der Waals surface area contributed by atoms with Gasteiger partial charge in [-0.1, -0.05) is 25.1 Å². The minimum absolute atomic E-state index is 0.110. The number of fused-ring (bicyclic) bond motifs is 5. The van der Waals surface area contributed by atoms with E-state index < -0.39 is 17.5 Å². The maximum atomic E-state index is 13.0. The summed E-state index contributed by atoms with van der Waals surface area (Å²) in [7, 11) is 0. The van der Waals surface area contributed by atoms with Crippen LogP contribution in [-0.4, -0.2) is 26.6 Å². The lowest BCUT2D eigenvalue weighted by Gasteiger charge is -2.31. The number of carbonyl (C=O) groups excluding carboxylic acids is 2. The molecule has 4 heterocycles. The number of nitrogens with two attached hydrogens (primary N) is 1. The van der Waals surface area contributed by atoms with Crippen molar-refractivity contribution in [2.45, 2.75) is 39.0 Å². The third-order valence-corrected chi connectivity index (χ3v) is 5.58. The van der Waals surface area contributed by atoms with Gasteiger partial charge in [0, 0.05) is 23.4 Å². The highest BCUT2D eigenvalue weighted by Crippen LogP contribution is 2.38. The second kappa shape index (κ2) is 7.60. The van der Waals surface area contributed by atoms with Crippen LogP contribution in [0.15, 0.2) is 41.2 Å². The van der Waals surface area contributed by atoms with E-state index >= 15 is 0 Å². The van der Waals surface area contributed by atoms with Crippen molar-refractivity contribution < 1.29 is 24.3 Å². The van der Waals surface area contributed by atoms with Gasteiger partial charge in [-0.3, -0.25) is 9.59 Å². The highest BCUT2D eigenvalue weighted by atomic mass is 16.7. The highest BCUT2D eigenvalue weighted by Gasteiger charge is 2.45. The zero-order valence-corrected chi connectivity index (χ0v) is 17.0. The number of hydrogen-bond acceptors (Lipinski definition) is 8. The lowest BCUT2D eigenvalue weighted by Crippen LogP contribution is -2.44. The number of ether oxygens (including phenoxy) is 1. The van der Waals surface area contributed by atoms with Crippen molar-refractivity contribution in [1.82, 2.24) is 9.55 Å². The van der Waals surface area contributed by atoms with E-state index in [0.717, 1.165) is 22.2 Å². The fourth-order valence-electron chi connectivity index (χ4n) is 3.93. The zero-order chi connectivity index (χ0) is 22.3. The molecule has 2 aromatic heterocycles. The van der Waals surface area contributed by atoms with Crippen LogP contribution in [0, 0.1) is 0 Å². The SMILES string of the molecule is CC(=O)ON.CCC1(O)C(=O)OCc2c1cc1n(c2=O)Cc2cc3ccccc3nc2-1.